The van der Waals surface area contributed by atoms with Gasteiger partial charge in [0, 0.05) is 11.9 Å². The lowest BCUT2D eigenvalue weighted by Crippen LogP contribution is -2.35. The molecule has 1 aliphatic heterocycles. The number of halogens is 1. The first kappa shape index (κ1) is 13.1. The Balaban J connectivity index is 2.23. The van der Waals surface area contributed by atoms with Gasteiger partial charge in [0.15, 0.2) is 0 Å². The van der Waals surface area contributed by atoms with Crippen LogP contribution in [0.5, 0.6) is 5.75 Å². The fourth-order valence-electron chi connectivity index (χ4n) is 2.09. The van der Waals surface area contributed by atoms with E-state index in [0.717, 1.165) is 22.0 Å². The van der Waals surface area contributed by atoms with Crippen LogP contribution >= 0.6 is 23.5 Å². The molecule has 0 amide bonds. The van der Waals surface area contributed by atoms with Crippen LogP contribution in [0.3, 0.4) is 0 Å². The van der Waals surface area contributed by atoms with Crippen LogP contribution < -0.4 is 15.4 Å². The molecule has 3 rings (SSSR count). The van der Waals surface area contributed by atoms with Gasteiger partial charge in [-0.15, -0.1) is 0 Å². The minimum Gasteiger partial charge on any atom is -0.495 e. The maximum absolute atomic E-state index is 6.29. The first-order chi connectivity index (χ1) is 9.72. The third kappa shape index (κ3) is 2.09. The van der Waals surface area contributed by atoms with E-state index in [0.29, 0.717) is 11.0 Å². The molecule has 2 N–H and O–H groups in total. The summed E-state index contributed by atoms with van der Waals surface area (Å²) >= 11 is 7.61. The summed E-state index contributed by atoms with van der Waals surface area (Å²) in [5.74, 6) is 1.10. The van der Waals surface area contributed by atoms with E-state index in [1.807, 2.05) is 47.4 Å². The molecule has 0 atom stereocenters. The lowest BCUT2D eigenvalue weighted by atomic mass is 10.2. The molecule has 6 heteroatoms. The summed E-state index contributed by atoms with van der Waals surface area (Å²) < 4.78 is 9.71. The second kappa shape index (κ2) is 5.26. The molecule has 20 heavy (non-hydrogen) atoms. The summed E-state index contributed by atoms with van der Waals surface area (Å²) in [5.41, 5.74) is 7.70. The first-order valence-corrected chi connectivity index (χ1v) is 7.09. The molecule has 0 unspecified atom stereocenters. The number of fused-ring (bicyclic) bond motifs is 1. The molecular formula is C14H12ClN3OS. The van der Waals surface area contributed by atoms with Crippen molar-refractivity contribution in [3.05, 3.63) is 47.5 Å². The Hall–Kier alpha value is -1.85. The Morgan fingerprint density at radius 1 is 1.20 bits per heavy atom. The number of ether oxygens (including phenoxy) is 1. The molecule has 0 aromatic heterocycles. The summed E-state index contributed by atoms with van der Waals surface area (Å²) in [6.07, 6.45) is 0. The quantitative estimate of drug-likeness (QED) is 0.857. The molecule has 1 aliphatic rings. The van der Waals surface area contributed by atoms with Crippen molar-refractivity contribution in [3.63, 3.8) is 0 Å². The van der Waals surface area contributed by atoms with Crippen molar-refractivity contribution >= 4 is 40.9 Å². The predicted octanol–water partition coefficient (Wildman–Crippen LogP) is 3.82. The average Bonchev–Trinajstić information content (AvgIpc) is 2.48. The maximum atomic E-state index is 6.29. The van der Waals surface area contributed by atoms with Gasteiger partial charge in [0.25, 0.3) is 0 Å². The van der Waals surface area contributed by atoms with Crippen molar-refractivity contribution in [2.24, 2.45) is 10.1 Å². The van der Waals surface area contributed by atoms with Crippen LogP contribution in [0.4, 0.5) is 11.4 Å². The van der Waals surface area contributed by atoms with Crippen molar-refractivity contribution < 1.29 is 4.74 Å². The van der Waals surface area contributed by atoms with Crippen molar-refractivity contribution in [1.29, 1.82) is 0 Å². The largest absolute Gasteiger partial charge is 0.495 e. The van der Waals surface area contributed by atoms with Gasteiger partial charge in [0.05, 0.1) is 22.7 Å². The molecule has 102 valence electrons. The molecule has 0 fully saturated rings. The minimum atomic E-state index is 0.375. The Bertz CT molecular complexity index is 690. The van der Waals surface area contributed by atoms with Gasteiger partial charge < -0.3 is 10.5 Å². The fourth-order valence-corrected chi connectivity index (χ4v) is 3.00. The highest BCUT2D eigenvalue weighted by atomic mass is 35.5. The second-order valence-electron chi connectivity index (χ2n) is 4.13. The number of nitrogens with two attached hydrogens (primary N) is 1. The molecule has 1 heterocycles. The summed E-state index contributed by atoms with van der Waals surface area (Å²) in [7, 11) is 1.63. The van der Waals surface area contributed by atoms with Crippen LogP contribution in [0.25, 0.3) is 0 Å². The molecular weight excluding hydrogens is 294 g/mol. The molecule has 0 aliphatic carbocycles. The van der Waals surface area contributed by atoms with E-state index in [1.165, 1.54) is 11.9 Å². The highest BCUT2D eigenvalue weighted by Gasteiger charge is 2.26. The normalized spacial score (nSPS) is 13.7. The molecule has 0 saturated carbocycles. The molecule has 4 nitrogen and oxygen atoms in total. The SMILES string of the molecule is COc1cccc2c1N(c1ccccc1Cl)C(N)=NS2. The smallest absolute Gasteiger partial charge is 0.212 e. The van der Waals surface area contributed by atoms with Crippen LogP contribution in [-0.2, 0) is 0 Å². The summed E-state index contributed by atoms with van der Waals surface area (Å²) in [6, 6.07) is 13.3. The Kier molecular flexibility index (Phi) is 3.46. The molecule has 0 bridgehead atoms. The van der Waals surface area contributed by atoms with Crippen LogP contribution in [0.2, 0.25) is 5.02 Å². The van der Waals surface area contributed by atoms with Gasteiger partial charge in [-0.05, 0) is 24.3 Å². The van der Waals surface area contributed by atoms with Gasteiger partial charge in [0.1, 0.15) is 11.4 Å². The van der Waals surface area contributed by atoms with Gasteiger partial charge >= 0.3 is 0 Å². The molecule has 2 aromatic carbocycles. The number of methoxy groups -OCH3 is 1. The zero-order chi connectivity index (χ0) is 14.1. The Morgan fingerprint density at radius 3 is 2.75 bits per heavy atom. The van der Waals surface area contributed by atoms with Crippen molar-refractivity contribution in [2.75, 3.05) is 12.0 Å². The number of para-hydroxylation sites is 2. The van der Waals surface area contributed by atoms with Gasteiger partial charge in [0.2, 0.25) is 5.96 Å². The lowest BCUT2D eigenvalue weighted by Gasteiger charge is -2.30. The fraction of sp³-hybridized carbons (Fsp3) is 0.0714. The van der Waals surface area contributed by atoms with Crippen molar-refractivity contribution in [2.45, 2.75) is 4.90 Å². The number of nitrogens with zero attached hydrogens (tertiary/aromatic N) is 2. The minimum absolute atomic E-state index is 0.375. The van der Waals surface area contributed by atoms with Crippen LogP contribution in [0.15, 0.2) is 51.8 Å². The number of benzene rings is 2. The number of hydrogen-bond donors (Lipinski definition) is 1. The number of rotatable bonds is 2. The van der Waals surface area contributed by atoms with Crippen LogP contribution in [0, 0.1) is 0 Å². The zero-order valence-electron chi connectivity index (χ0n) is 10.7. The first-order valence-electron chi connectivity index (χ1n) is 5.94. The van der Waals surface area contributed by atoms with Crippen LogP contribution in [0.1, 0.15) is 0 Å². The van der Waals surface area contributed by atoms with Gasteiger partial charge in [-0.1, -0.05) is 29.8 Å². The standard InChI is InChI=1S/C14H12ClN3OS/c1-19-11-7-4-8-12-13(11)18(14(16)17-20-12)10-6-3-2-5-9(10)15/h2-8H,1H3,(H2,16,17). The summed E-state index contributed by atoms with van der Waals surface area (Å²) in [5, 5.41) is 0.606. The second-order valence-corrected chi connectivity index (χ2v) is 5.35. The van der Waals surface area contributed by atoms with E-state index in [1.54, 1.807) is 7.11 Å². The van der Waals surface area contributed by atoms with E-state index < -0.39 is 0 Å². The Morgan fingerprint density at radius 2 is 2.00 bits per heavy atom. The highest BCUT2D eigenvalue weighted by molar-refractivity contribution is 7.98. The van der Waals surface area contributed by atoms with Gasteiger partial charge in [-0.25, -0.2) is 0 Å². The topological polar surface area (TPSA) is 50.9 Å². The Labute approximate surface area is 126 Å². The summed E-state index contributed by atoms with van der Waals surface area (Å²) in [4.78, 5) is 2.78. The molecule has 0 radical (unpaired) electrons. The zero-order valence-corrected chi connectivity index (χ0v) is 12.3. The van der Waals surface area contributed by atoms with E-state index >= 15 is 0 Å². The van der Waals surface area contributed by atoms with Gasteiger partial charge in [-0.2, -0.15) is 4.40 Å². The molecule has 0 spiro atoms. The molecule has 2 aromatic rings. The number of hydrogen-bond acceptors (Lipinski definition) is 5. The highest BCUT2D eigenvalue weighted by Crippen LogP contribution is 2.46. The number of guanidine groups is 1. The monoisotopic (exact) mass is 305 g/mol. The predicted molar refractivity (Wildman–Crippen MR) is 84.1 cm³/mol. The maximum Gasteiger partial charge on any atom is 0.212 e. The van der Waals surface area contributed by atoms with Crippen LogP contribution in [-0.4, -0.2) is 13.1 Å². The molecule has 0 saturated heterocycles. The lowest BCUT2D eigenvalue weighted by molar-refractivity contribution is 0.415. The third-order valence-corrected chi connectivity index (χ3v) is 4.09. The van der Waals surface area contributed by atoms with Crippen molar-refractivity contribution in [3.8, 4) is 5.75 Å². The number of anilines is 2. The van der Waals surface area contributed by atoms with E-state index in [-0.39, 0.29) is 0 Å². The average molecular weight is 306 g/mol. The van der Waals surface area contributed by atoms with E-state index in [9.17, 15) is 0 Å². The summed E-state index contributed by atoms with van der Waals surface area (Å²) in [6.45, 7) is 0. The van der Waals surface area contributed by atoms with E-state index in [2.05, 4.69) is 4.40 Å². The third-order valence-electron chi connectivity index (χ3n) is 2.97. The van der Waals surface area contributed by atoms with E-state index in [4.69, 9.17) is 22.1 Å². The van der Waals surface area contributed by atoms with Crippen molar-refractivity contribution in [1.82, 2.24) is 0 Å². The van der Waals surface area contributed by atoms with Gasteiger partial charge in [-0.3, -0.25) is 4.90 Å².